The number of furan rings is 1. The second kappa shape index (κ2) is 10.1. The second-order valence-corrected chi connectivity index (χ2v) is 10.6. The van der Waals surface area contributed by atoms with Gasteiger partial charge in [0.2, 0.25) is 10.0 Å². The summed E-state index contributed by atoms with van der Waals surface area (Å²) in [6, 6.07) is 18.0. The first-order valence-electron chi connectivity index (χ1n) is 10.5. The number of nitrogens with zero attached hydrogens (tertiary/aromatic N) is 2. The molecule has 4 rings (SSSR count). The van der Waals surface area contributed by atoms with E-state index in [1.54, 1.807) is 30.3 Å². The minimum atomic E-state index is -3.16. The van der Waals surface area contributed by atoms with Gasteiger partial charge in [-0.3, -0.25) is 10.1 Å². The van der Waals surface area contributed by atoms with E-state index in [1.165, 1.54) is 10.6 Å². The topological polar surface area (TPSA) is 94.9 Å². The number of sulfonamides is 1. The zero-order valence-corrected chi connectivity index (χ0v) is 20.7. The fraction of sp³-hybridized carbons (Fsp3) is 0.217. The van der Waals surface area contributed by atoms with Gasteiger partial charge in [0.15, 0.2) is 10.9 Å². The number of piperazine rings is 1. The number of nitrogens with one attached hydrogen (secondary N) is 2. The lowest BCUT2D eigenvalue weighted by Gasteiger charge is -2.34. The minimum absolute atomic E-state index is 0.128. The van der Waals surface area contributed by atoms with E-state index in [0.29, 0.717) is 42.6 Å². The van der Waals surface area contributed by atoms with Gasteiger partial charge < -0.3 is 14.6 Å². The van der Waals surface area contributed by atoms with Crippen LogP contribution in [0.2, 0.25) is 5.02 Å². The summed E-state index contributed by atoms with van der Waals surface area (Å²) < 4.78 is 30.5. The Bertz CT molecular complexity index is 1300. The first kappa shape index (κ1) is 24.2. The highest BCUT2D eigenvalue weighted by atomic mass is 35.5. The molecule has 1 fully saturated rings. The molecule has 0 bridgehead atoms. The van der Waals surface area contributed by atoms with Crippen molar-refractivity contribution in [2.75, 3.05) is 42.7 Å². The lowest BCUT2D eigenvalue weighted by Crippen LogP contribution is -2.48. The highest BCUT2D eigenvalue weighted by Crippen LogP contribution is 2.25. The monoisotopic (exact) mass is 518 g/mol. The molecule has 8 nitrogen and oxygen atoms in total. The van der Waals surface area contributed by atoms with Gasteiger partial charge in [-0.05, 0) is 60.7 Å². The number of benzene rings is 2. The Hall–Kier alpha value is -2.92. The van der Waals surface area contributed by atoms with E-state index in [2.05, 4.69) is 15.5 Å². The van der Waals surface area contributed by atoms with Crippen LogP contribution in [0.15, 0.2) is 65.1 Å². The van der Waals surface area contributed by atoms with Crippen LogP contribution in [0.5, 0.6) is 0 Å². The number of rotatable bonds is 5. The van der Waals surface area contributed by atoms with Crippen molar-refractivity contribution < 1.29 is 17.6 Å². The largest absolute Gasteiger partial charge is 0.451 e. The molecular formula is C23H23ClN4O4S2. The molecule has 1 aromatic heterocycles. The molecule has 0 spiro atoms. The zero-order valence-electron chi connectivity index (χ0n) is 18.3. The van der Waals surface area contributed by atoms with Crippen molar-refractivity contribution in [2.45, 2.75) is 0 Å². The maximum Gasteiger partial charge on any atom is 0.293 e. The van der Waals surface area contributed by atoms with Crippen molar-refractivity contribution in [3.8, 4) is 11.3 Å². The van der Waals surface area contributed by atoms with E-state index < -0.39 is 15.9 Å². The van der Waals surface area contributed by atoms with Crippen LogP contribution in [0.1, 0.15) is 10.6 Å². The molecule has 178 valence electrons. The van der Waals surface area contributed by atoms with E-state index in [4.69, 9.17) is 28.2 Å². The summed E-state index contributed by atoms with van der Waals surface area (Å²) in [7, 11) is -3.16. The summed E-state index contributed by atoms with van der Waals surface area (Å²) in [5.41, 5.74) is 2.46. The van der Waals surface area contributed by atoms with Gasteiger partial charge in [-0.25, -0.2) is 8.42 Å². The number of hydrogen-bond donors (Lipinski definition) is 2. The molecule has 1 amide bonds. The molecule has 2 aromatic carbocycles. The number of hydrogen-bond acceptors (Lipinski definition) is 6. The van der Waals surface area contributed by atoms with Gasteiger partial charge in [-0.15, -0.1) is 0 Å². The van der Waals surface area contributed by atoms with Gasteiger partial charge >= 0.3 is 0 Å². The SMILES string of the molecule is CS(=O)(=O)N1CCN(c2ccc(NC(=S)NC(=O)c3ccc(-c4cccc(Cl)c4)o3)cc2)CC1. The Morgan fingerprint density at radius 1 is 1.03 bits per heavy atom. The summed E-state index contributed by atoms with van der Waals surface area (Å²) in [6.07, 6.45) is 1.23. The van der Waals surface area contributed by atoms with E-state index in [1.807, 2.05) is 30.3 Å². The first-order valence-corrected chi connectivity index (χ1v) is 13.1. The van der Waals surface area contributed by atoms with Crippen LogP contribution < -0.4 is 15.5 Å². The maximum absolute atomic E-state index is 12.5. The Morgan fingerprint density at radius 3 is 2.38 bits per heavy atom. The van der Waals surface area contributed by atoms with Crippen LogP contribution in [-0.2, 0) is 10.0 Å². The molecule has 2 heterocycles. The quantitative estimate of drug-likeness (QED) is 0.496. The van der Waals surface area contributed by atoms with Crippen molar-refractivity contribution in [3.63, 3.8) is 0 Å². The Kier molecular flexibility index (Phi) is 7.22. The molecule has 1 aliphatic heterocycles. The van der Waals surface area contributed by atoms with Gasteiger partial charge in [0.05, 0.1) is 6.26 Å². The van der Waals surface area contributed by atoms with Gasteiger partial charge in [-0.2, -0.15) is 4.31 Å². The Balaban J connectivity index is 1.31. The molecule has 11 heteroatoms. The minimum Gasteiger partial charge on any atom is -0.451 e. The molecule has 2 N–H and O–H groups in total. The molecule has 0 unspecified atom stereocenters. The van der Waals surface area contributed by atoms with Crippen molar-refractivity contribution in [3.05, 3.63) is 71.4 Å². The van der Waals surface area contributed by atoms with E-state index in [-0.39, 0.29) is 10.9 Å². The third kappa shape index (κ3) is 5.95. The van der Waals surface area contributed by atoms with Crippen molar-refractivity contribution in [2.24, 2.45) is 0 Å². The first-order chi connectivity index (χ1) is 16.2. The molecule has 3 aromatic rings. The van der Waals surface area contributed by atoms with E-state index in [9.17, 15) is 13.2 Å². The number of carbonyl (C=O) groups is 1. The Morgan fingerprint density at radius 2 is 1.74 bits per heavy atom. The van der Waals surface area contributed by atoms with Crippen LogP contribution in [0, 0.1) is 0 Å². The third-order valence-electron chi connectivity index (χ3n) is 5.36. The van der Waals surface area contributed by atoms with Crippen LogP contribution in [-0.4, -0.2) is 56.2 Å². The lowest BCUT2D eigenvalue weighted by molar-refractivity contribution is 0.0951. The van der Waals surface area contributed by atoms with Crippen LogP contribution in [0.25, 0.3) is 11.3 Å². The fourth-order valence-corrected chi connectivity index (χ4v) is 4.84. The lowest BCUT2D eigenvalue weighted by atomic mass is 10.2. The third-order valence-corrected chi connectivity index (χ3v) is 7.11. The molecule has 0 radical (unpaired) electrons. The van der Waals surface area contributed by atoms with Crippen molar-refractivity contribution >= 4 is 56.2 Å². The summed E-state index contributed by atoms with van der Waals surface area (Å²) in [4.78, 5) is 14.6. The highest BCUT2D eigenvalue weighted by Gasteiger charge is 2.23. The van der Waals surface area contributed by atoms with Gasteiger partial charge in [0.1, 0.15) is 5.76 Å². The van der Waals surface area contributed by atoms with E-state index >= 15 is 0 Å². The number of halogens is 1. The standard InChI is InChI=1S/C23H23ClN4O4S2/c1-34(30,31)28-13-11-27(12-14-28)19-7-5-18(6-8-19)25-23(33)26-22(29)21-10-9-20(32-21)16-3-2-4-17(24)15-16/h2-10,15H,11-14H2,1H3,(H2,25,26,29,33). The number of carbonyl (C=O) groups excluding carboxylic acids is 1. The van der Waals surface area contributed by atoms with Gasteiger partial charge in [0.25, 0.3) is 5.91 Å². The number of anilines is 2. The average molecular weight is 519 g/mol. The molecular weight excluding hydrogens is 496 g/mol. The van der Waals surface area contributed by atoms with Crippen molar-refractivity contribution in [1.82, 2.24) is 9.62 Å². The summed E-state index contributed by atoms with van der Waals surface area (Å²) in [5, 5.41) is 6.30. The van der Waals surface area contributed by atoms with Gasteiger partial charge in [0, 0.05) is 48.1 Å². The fourth-order valence-electron chi connectivity index (χ4n) is 3.62. The molecule has 0 saturated carbocycles. The molecule has 1 aliphatic rings. The van der Waals surface area contributed by atoms with Crippen LogP contribution >= 0.6 is 23.8 Å². The molecule has 1 saturated heterocycles. The zero-order chi connectivity index (χ0) is 24.3. The summed E-state index contributed by atoms with van der Waals surface area (Å²) >= 11 is 11.3. The summed E-state index contributed by atoms with van der Waals surface area (Å²) in [5.74, 6) is 0.188. The maximum atomic E-state index is 12.5. The number of thiocarbonyl (C=S) groups is 1. The average Bonchev–Trinajstić information content (AvgIpc) is 3.30. The molecule has 0 atom stereocenters. The predicted octanol–water partition coefficient (Wildman–Crippen LogP) is 3.81. The highest BCUT2D eigenvalue weighted by molar-refractivity contribution is 7.88. The number of amides is 1. The predicted molar refractivity (Wildman–Crippen MR) is 138 cm³/mol. The van der Waals surface area contributed by atoms with Crippen molar-refractivity contribution in [1.29, 1.82) is 0 Å². The second-order valence-electron chi connectivity index (χ2n) is 7.78. The van der Waals surface area contributed by atoms with Crippen LogP contribution in [0.4, 0.5) is 11.4 Å². The van der Waals surface area contributed by atoms with E-state index in [0.717, 1.165) is 11.3 Å². The smallest absolute Gasteiger partial charge is 0.293 e. The molecule has 34 heavy (non-hydrogen) atoms. The molecule has 0 aliphatic carbocycles. The normalized spacial score (nSPS) is 14.6. The van der Waals surface area contributed by atoms with Gasteiger partial charge in [-0.1, -0.05) is 23.7 Å². The van der Waals surface area contributed by atoms with Crippen LogP contribution in [0.3, 0.4) is 0 Å². The Labute approximate surface area is 208 Å². The summed E-state index contributed by atoms with van der Waals surface area (Å²) in [6.45, 7) is 2.16.